The van der Waals surface area contributed by atoms with Crippen LogP contribution in [0.2, 0.25) is 0 Å². The average molecular weight is 180 g/mol. The summed E-state index contributed by atoms with van der Waals surface area (Å²) in [5.41, 5.74) is -0.551. The second-order valence-corrected chi connectivity index (χ2v) is 3.56. The van der Waals surface area contributed by atoms with Crippen LogP contribution in [0.5, 0.6) is 0 Å². The highest BCUT2D eigenvalue weighted by Gasteiger charge is 2.38. The van der Waals surface area contributed by atoms with Gasteiger partial charge in [0, 0.05) is 7.11 Å². The highest BCUT2D eigenvalue weighted by molar-refractivity contribution is 5.89. The molecule has 0 atom stereocenters. The van der Waals surface area contributed by atoms with Crippen molar-refractivity contribution in [1.29, 1.82) is 0 Å². The molecule has 0 N–H and O–H groups in total. The fraction of sp³-hybridized carbons (Fsp3) is 0.727. The van der Waals surface area contributed by atoms with Gasteiger partial charge in [-0.3, -0.25) is 4.79 Å². The Balaban J connectivity index is 2.67. The number of terminal acetylenes is 1. The zero-order valence-electron chi connectivity index (χ0n) is 8.14. The number of hydrogen-bond acceptors (Lipinski definition) is 2. The molecule has 0 radical (unpaired) electrons. The minimum Gasteiger partial charge on any atom is -0.370 e. The zero-order valence-corrected chi connectivity index (χ0v) is 8.14. The van der Waals surface area contributed by atoms with Crippen LogP contribution in [-0.4, -0.2) is 18.5 Å². The van der Waals surface area contributed by atoms with Crippen molar-refractivity contribution in [3.8, 4) is 12.3 Å². The van der Waals surface area contributed by atoms with Crippen molar-refractivity contribution < 1.29 is 9.53 Å². The van der Waals surface area contributed by atoms with Crippen molar-refractivity contribution >= 4 is 5.78 Å². The van der Waals surface area contributed by atoms with Gasteiger partial charge in [0.05, 0.1) is 6.42 Å². The Labute approximate surface area is 79.7 Å². The van der Waals surface area contributed by atoms with Gasteiger partial charge in [-0.25, -0.2) is 0 Å². The van der Waals surface area contributed by atoms with E-state index in [1.165, 1.54) is 6.42 Å². The van der Waals surface area contributed by atoms with E-state index in [2.05, 4.69) is 5.92 Å². The van der Waals surface area contributed by atoms with Gasteiger partial charge in [-0.1, -0.05) is 25.2 Å². The van der Waals surface area contributed by atoms with Crippen molar-refractivity contribution in [3.63, 3.8) is 0 Å². The molecule has 0 aromatic heterocycles. The molecule has 2 heteroatoms. The number of methoxy groups -OCH3 is 1. The maximum absolute atomic E-state index is 11.7. The zero-order chi connectivity index (χ0) is 9.73. The van der Waals surface area contributed by atoms with Crippen LogP contribution < -0.4 is 0 Å². The van der Waals surface area contributed by atoms with E-state index in [1.807, 2.05) is 0 Å². The van der Waals surface area contributed by atoms with Crippen LogP contribution in [0.15, 0.2) is 0 Å². The molecule has 0 saturated heterocycles. The molecule has 0 aromatic carbocycles. The summed E-state index contributed by atoms with van der Waals surface area (Å²) in [4.78, 5) is 11.7. The third-order valence-corrected chi connectivity index (χ3v) is 2.82. The van der Waals surface area contributed by atoms with Crippen LogP contribution >= 0.6 is 0 Å². The van der Waals surface area contributed by atoms with Gasteiger partial charge in [-0.05, 0) is 12.8 Å². The molecule has 0 heterocycles. The molecule has 0 aliphatic heterocycles. The highest BCUT2D eigenvalue weighted by Crippen LogP contribution is 2.32. The van der Waals surface area contributed by atoms with Crippen molar-refractivity contribution in [2.24, 2.45) is 0 Å². The van der Waals surface area contributed by atoms with E-state index < -0.39 is 5.60 Å². The molecule has 13 heavy (non-hydrogen) atoms. The Morgan fingerprint density at radius 2 is 2.08 bits per heavy atom. The van der Waals surface area contributed by atoms with E-state index in [9.17, 15) is 4.79 Å². The minimum atomic E-state index is -0.551. The Morgan fingerprint density at radius 1 is 1.46 bits per heavy atom. The van der Waals surface area contributed by atoms with E-state index in [1.54, 1.807) is 7.11 Å². The third kappa shape index (κ3) is 2.10. The van der Waals surface area contributed by atoms with Crippen LogP contribution in [0.1, 0.15) is 38.5 Å². The molecule has 0 aromatic rings. The second kappa shape index (κ2) is 4.43. The van der Waals surface area contributed by atoms with Gasteiger partial charge >= 0.3 is 0 Å². The molecule has 0 spiro atoms. The fourth-order valence-corrected chi connectivity index (χ4v) is 1.97. The molecule has 1 aliphatic carbocycles. The van der Waals surface area contributed by atoms with Gasteiger partial charge in [0.1, 0.15) is 5.60 Å². The first-order valence-electron chi connectivity index (χ1n) is 4.77. The molecule has 1 saturated carbocycles. The highest BCUT2D eigenvalue weighted by atomic mass is 16.5. The largest absolute Gasteiger partial charge is 0.370 e. The van der Waals surface area contributed by atoms with E-state index >= 15 is 0 Å². The topological polar surface area (TPSA) is 26.3 Å². The molecule has 1 fully saturated rings. The summed E-state index contributed by atoms with van der Waals surface area (Å²) in [5, 5.41) is 0. The molecule has 0 bridgehead atoms. The van der Waals surface area contributed by atoms with E-state index in [4.69, 9.17) is 11.2 Å². The van der Waals surface area contributed by atoms with Gasteiger partial charge in [0.2, 0.25) is 0 Å². The van der Waals surface area contributed by atoms with Crippen molar-refractivity contribution in [1.82, 2.24) is 0 Å². The molecule has 0 unspecified atom stereocenters. The normalized spacial score (nSPS) is 20.6. The lowest BCUT2D eigenvalue weighted by Crippen LogP contribution is -2.42. The maximum Gasteiger partial charge on any atom is 0.176 e. The van der Waals surface area contributed by atoms with Gasteiger partial charge < -0.3 is 4.74 Å². The number of carbonyl (C=O) groups is 1. The number of ketones is 1. The predicted molar refractivity (Wildman–Crippen MR) is 51.3 cm³/mol. The summed E-state index contributed by atoms with van der Waals surface area (Å²) in [5.74, 6) is 2.48. The number of carbonyl (C=O) groups excluding carboxylic acids is 1. The Kier molecular flexibility index (Phi) is 3.50. The van der Waals surface area contributed by atoms with Crippen LogP contribution in [0.4, 0.5) is 0 Å². The van der Waals surface area contributed by atoms with Crippen LogP contribution in [0.25, 0.3) is 0 Å². The number of hydrogen-bond donors (Lipinski definition) is 0. The Hall–Kier alpha value is -0.810. The van der Waals surface area contributed by atoms with Gasteiger partial charge in [-0.2, -0.15) is 0 Å². The molecule has 0 amide bonds. The SMILES string of the molecule is C#CCC(=O)C1(OC)CCCCC1. The molecule has 72 valence electrons. The minimum absolute atomic E-state index is 0.0807. The molecular formula is C11H16O2. The summed E-state index contributed by atoms with van der Waals surface area (Å²) < 4.78 is 5.35. The summed E-state index contributed by atoms with van der Waals surface area (Å²) in [7, 11) is 1.61. The summed E-state index contributed by atoms with van der Waals surface area (Å²) in [6, 6.07) is 0. The first-order chi connectivity index (χ1) is 6.25. The fourth-order valence-electron chi connectivity index (χ4n) is 1.97. The molecular weight excluding hydrogens is 164 g/mol. The smallest absolute Gasteiger partial charge is 0.176 e. The first kappa shape index (κ1) is 10.3. The third-order valence-electron chi connectivity index (χ3n) is 2.82. The summed E-state index contributed by atoms with van der Waals surface area (Å²) in [6.45, 7) is 0. The average Bonchev–Trinajstić information content (AvgIpc) is 2.19. The predicted octanol–water partition coefficient (Wildman–Crippen LogP) is 1.93. The molecule has 2 nitrogen and oxygen atoms in total. The number of ether oxygens (including phenoxy) is 1. The molecule has 1 rings (SSSR count). The van der Waals surface area contributed by atoms with Crippen molar-refractivity contribution in [2.45, 2.75) is 44.1 Å². The lowest BCUT2D eigenvalue weighted by atomic mass is 9.80. The second-order valence-electron chi connectivity index (χ2n) is 3.56. The van der Waals surface area contributed by atoms with E-state index in [-0.39, 0.29) is 12.2 Å². The van der Waals surface area contributed by atoms with Gasteiger partial charge in [0.25, 0.3) is 0 Å². The van der Waals surface area contributed by atoms with Crippen LogP contribution in [0, 0.1) is 12.3 Å². The Bertz CT molecular complexity index is 219. The van der Waals surface area contributed by atoms with Crippen molar-refractivity contribution in [3.05, 3.63) is 0 Å². The number of rotatable bonds is 3. The van der Waals surface area contributed by atoms with Gasteiger partial charge in [-0.15, -0.1) is 6.42 Å². The van der Waals surface area contributed by atoms with Crippen molar-refractivity contribution in [2.75, 3.05) is 7.11 Å². The lowest BCUT2D eigenvalue weighted by Gasteiger charge is -2.33. The standard InChI is InChI=1S/C11H16O2/c1-3-7-10(12)11(13-2)8-5-4-6-9-11/h1H,4-9H2,2H3. The van der Waals surface area contributed by atoms with Crippen LogP contribution in [-0.2, 0) is 9.53 Å². The number of Topliss-reactive ketones (excluding diaryl/α,β-unsaturated/α-hetero) is 1. The van der Waals surface area contributed by atoms with Gasteiger partial charge in [0.15, 0.2) is 5.78 Å². The lowest BCUT2D eigenvalue weighted by molar-refractivity contribution is -0.143. The maximum atomic E-state index is 11.7. The summed E-state index contributed by atoms with van der Waals surface area (Å²) >= 11 is 0. The Morgan fingerprint density at radius 3 is 2.54 bits per heavy atom. The molecule has 1 aliphatic rings. The quantitative estimate of drug-likeness (QED) is 0.620. The van der Waals surface area contributed by atoms with Crippen LogP contribution in [0.3, 0.4) is 0 Å². The summed E-state index contributed by atoms with van der Waals surface area (Å²) in [6.07, 6.45) is 10.4. The van der Waals surface area contributed by atoms with E-state index in [0.29, 0.717) is 0 Å². The monoisotopic (exact) mass is 180 g/mol. The van der Waals surface area contributed by atoms with E-state index in [0.717, 1.165) is 25.7 Å². The first-order valence-corrected chi connectivity index (χ1v) is 4.77.